The highest BCUT2D eigenvalue weighted by Gasteiger charge is 2.26. The molecule has 0 saturated carbocycles. The van der Waals surface area contributed by atoms with Gasteiger partial charge < -0.3 is 20.9 Å². The molecule has 2 aromatic rings. The standard InChI is InChI=1S/C22H32N6OS/c1-3-24-22(27(2)13-10-19-9-6-14-30-19)26-15-17-7-4-11-25-21(17)28-12-5-8-18(16-28)20(23)29/h4,6-7,9,11,14,18H,3,5,8,10,12-13,15-16H2,1-2H3,(H2,23,29)(H,24,26). The Labute approximate surface area is 183 Å². The summed E-state index contributed by atoms with van der Waals surface area (Å²) in [6.45, 7) is 5.84. The highest BCUT2D eigenvalue weighted by Crippen LogP contribution is 2.25. The molecule has 0 aliphatic carbocycles. The molecule has 1 saturated heterocycles. The van der Waals surface area contributed by atoms with Crippen LogP contribution in [-0.4, -0.2) is 55.0 Å². The van der Waals surface area contributed by atoms with Crippen LogP contribution in [0.25, 0.3) is 0 Å². The van der Waals surface area contributed by atoms with Crippen molar-refractivity contribution in [3.8, 4) is 0 Å². The molecule has 1 amide bonds. The number of thiophene rings is 1. The van der Waals surface area contributed by atoms with Gasteiger partial charge in [-0.25, -0.2) is 9.98 Å². The molecular formula is C22H32N6OS. The third-order valence-corrected chi connectivity index (χ3v) is 6.30. The maximum Gasteiger partial charge on any atom is 0.222 e. The van der Waals surface area contributed by atoms with E-state index in [-0.39, 0.29) is 11.8 Å². The number of likely N-dealkylation sites (N-methyl/N-ethyl adjacent to an activating group) is 1. The fraction of sp³-hybridized carbons (Fsp3) is 0.500. The first-order valence-corrected chi connectivity index (χ1v) is 11.5. The van der Waals surface area contributed by atoms with Gasteiger partial charge in [-0.05, 0) is 43.7 Å². The number of rotatable bonds is 8. The van der Waals surface area contributed by atoms with Gasteiger partial charge in [0.25, 0.3) is 0 Å². The first kappa shape index (κ1) is 22.1. The number of hydrogen-bond acceptors (Lipinski definition) is 5. The maximum absolute atomic E-state index is 11.7. The van der Waals surface area contributed by atoms with Crippen molar-refractivity contribution in [2.75, 3.05) is 38.1 Å². The van der Waals surface area contributed by atoms with Crippen LogP contribution in [0.5, 0.6) is 0 Å². The largest absolute Gasteiger partial charge is 0.369 e. The van der Waals surface area contributed by atoms with E-state index >= 15 is 0 Å². The van der Waals surface area contributed by atoms with Gasteiger partial charge in [0, 0.05) is 49.9 Å². The van der Waals surface area contributed by atoms with Crippen LogP contribution in [0.15, 0.2) is 40.8 Å². The Morgan fingerprint density at radius 3 is 3.03 bits per heavy atom. The minimum atomic E-state index is -0.225. The lowest BCUT2D eigenvalue weighted by molar-refractivity contribution is -0.122. The van der Waals surface area contributed by atoms with Crippen molar-refractivity contribution in [1.82, 2.24) is 15.2 Å². The number of aromatic nitrogens is 1. The number of carbonyl (C=O) groups excluding carboxylic acids is 1. The number of nitrogens with one attached hydrogen (secondary N) is 1. The first-order valence-electron chi connectivity index (χ1n) is 10.6. The van der Waals surface area contributed by atoms with Gasteiger partial charge >= 0.3 is 0 Å². The monoisotopic (exact) mass is 428 g/mol. The molecule has 1 unspecified atom stereocenters. The minimum Gasteiger partial charge on any atom is -0.369 e. The summed E-state index contributed by atoms with van der Waals surface area (Å²) < 4.78 is 0. The molecule has 2 aromatic heterocycles. The Bertz CT molecular complexity index is 838. The second-order valence-electron chi connectivity index (χ2n) is 7.59. The van der Waals surface area contributed by atoms with Gasteiger partial charge in [-0.3, -0.25) is 4.79 Å². The molecule has 0 radical (unpaired) electrons. The summed E-state index contributed by atoms with van der Waals surface area (Å²) in [5.74, 6) is 1.46. The number of primary amides is 1. The summed E-state index contributed by atoms with van der Waals surface area (Å²) in [6, 6.07) is 8.27. The molecule has 1 aliphatic heterocycles. The summed E-state index contributed by atoms with van der Waals surface area (Å²) in [6.07, 6.45) is 4.60. The Morgan fingerprint density at radius 2 is 2.30 bits per heavy atom. The number of amides is 1. The zero-order valence-corrected chi connectivity index (χ0v) is 18.7. The molecule has 0 spiro atoms. The number of carbonyl (C=O) groups is 1. The predicted octanol–water partition coefficient (Wildman–Crippen LogP) is 2.48. The van der Waals surface area contributed by atoms with Gasteiger partial charge in [-0.2, -0.15) is 0 Å². The van der Waals surface area contributed by atoms with E-state index in [4.69, 9.17) is 10.7 Å². The third-order valence-electron chi connectivity index (χ3n) is 5.36. The molecule has 3 rings (SSSR count). The van der Waals surface area contributed by atoms with Crippen LogP contribution in [0.4, 0.5) is 5.82 Å². The Hall–Kier alpha value is -2.61. The Kier molecular flexibility index (Phi) is 8.07. The normalized spacial score (nSPS) is 17.1. The molecule has 3 N–H and O–H groups in total. The van der Waals surface area contributed by atoms with Crippen LogP contribution >= 0.6 is 11.3 Å². The zero-order chi connectivity index (χ0) is 21.3. The van der Waals surface area contributed by atoms with Crippen molar-refractivity contribution in [1.29, 1.82) is 0 Å². The van der Waals surface area contributed by atoms with Crippen LogP contribution in [0.3, 0.4) is 0 Å². The molecule has 1 atom stereocenters. The second-order valence-corrected chi connectivity index (χ2v) is 8.63. The SMILES string of the molecule is CCNC(=NCc1cccnc1N1CCCC(C(N)=O)C1)N(C)CCc1cccs1. The van der Waals surface area contributed by atoms with E-state index in [9.17, 15) is 4.79 Å². The van der Waals surface area contributed by atoms with Gasteiger partial charge in [-0.1, -0.05) is 12.1 Å². The molecule has 0 aromatic carbocycles. The van der Waals surface area contributed by atoms with E-state index in [1.165, 1.54) is 4.88 Å². The smallest absolute Gasteiger partial charge is 0.222 e. The number of nitrogens with two attached hydrogens (primary N) is 1. The van der Waals surface area contributed by atoms with Crippen molar-refractivity contribution in [3.05, 3.63) is 46.3 Å². The summed E-state index contributed by atoms with van der Waals surface area (Å²) in [7, 11) is 2.07. The highest BCUT2D eigenvalue weighted by atomic mass is 32.1. The molecule has 1 fully saturated rings. The third kappa shape index (κ3) is 5.95. The van der Waals surface area contributed by atoms with Crippen LogP contribution in [-0.2, 0) is 17.8 Å². The molecule has 8 heteroatoms. The number of pyridine rings is 1. The summed E-state index contributed by atoms with van der Waals surface area (Å²) in [4.78, 5) is 26.9. The number of anilines is 1. The van der Waals surface area contributed by atoms with E-state index in [1.807, 2.05) is 6.07 Å². The quantitative estimate of drug-likeness (QED) is 0.498. The number of aliphatic imine (C=N–C) groups is 1. The van der Waals surface area contributed by atoms with Crippen molar-refractivity contribution >= 4 is 29.0 Å². The van der Waals surface area contributed by atoms with E-state index in [0.29, 0.717) is 13.1 Å². The van der Waals surface area contributed by atoms with Gasteiger partial charge in [0.2, 0.25) is 5.91 Å². The molecule has 7 nitrogen and oxygen atoms in total. The van der Waals surface area contributed by atoms with Crippen molar-refractivity contribution < 1.29 is 4.79 Å². The van der Waals surface area contributed by atoms with Gasteiger partial charge in [0.05, 0.1) is 12.5 Å². The van der Waals surface area contributed by atoms with E-state index in [0.717, 1.165) is 56.2 Å². The fourth-order valence-electron chi connectivity index (χ4n) is 3.71. The lowest BCUT2D eigenvalue weighted by atomic mass is 9.97. The molecule has 3 heterocycles. The van der Waals surface area contributed by atoms with E-state index in [2.05, 4.69) is 57.7 Å². The lowest BCUT2D eigenvalue weighted by Gasteiger charge is -2.33. The minimum absolute atomic E-state index is 0.113. The maximum atomic E-state index is 11.7. The highest BCUT2D eigenvalue weighted by molar-refractivity contribution is 7.09. The molecule has 0 bridgehead atoms. The van der Waals surface area contributed by atoms with E-state index < -0.39 is 0 Å². The molecule has 30 heavy (non-hydrogen) atoms. The zero-order valence-electron chi connectivity index (χ0n) is 17.9. The summed E-state index contributed by atoms with van der Waals surface area (Å²) >= 11 is 1.79. The van der Waals surface area contributed by atoms with Crippen LogP contribution in [0.2, 0.25) is 0 Å². The van der Waals surface area contributed by atoms with Crippen molar-refractivity contribution in [3.63, 3.8) is 0 Å². The van der Waals surface area contributed by atoms with Crippen molar-refractivity contribution in [2.45, 2.75) is 32.7 Å². The van der Waals surface area contributed by atoms with Crippen molar-refractivity contribution in [2.24, 2.45) is 16.6 Å². The Balaban J connectivity index is 1.70. The average Bonchev–Trinajstić information content (AvgIpc) is 3.29. The Morgan fingerprint density at radius 1 is 1.43 bits per heavy atom. The van der Waals surface area contributed by atoms with E-state index in [1.54, 1.807) is 17.5 Å². The van der Waals surface area contributed by atoms with Gasteiger partial charge in [-0.15, -0.1) is 11.3 Å². The number of hydrogen-bond donors (Lipinski definition) is 2. The summed E-state index contributed by atoms with van der Waals surface area (Å²) in [5.41, 5.74) is 6.61. The number of piperidine rings is 1. The average molecular weight is 429 g/mol. The van der Waals surface area contributed by atoms with Gasteiger partial charge in [0.1, 0.15) is 5.82 Å². The molecular weight excluding hydrogens is 396 g/mol. The van der Waals surface area contributed by atoms with Gasteiger partial charge in [0.15, 0.2) is 5.96 Å². The second kappa shape index (κ2) is 11.0. The van der Waals surface area contributed by atoms with Crippen LogP contribution in [0.1, 0.15) is 30.2 Å². The topological polar surface area (TPSA) is 86.9 Å². The fourth-order valence-corrected chi connectivity index (χ4v) is 4.41. The molecule has 1 aliphatic rings. The lowest BCUT2D eigenvalue weighted by Crippen LogP contribution is -2.42. The number of nitrogens with zero attached hydrogens (tertiary/aromatic N) is 4. The molecule has 162 valence electrons. The van der Waals surface area contributed by atoms with Crippen LogP contribution < -0.4 is 16.0 Å². The first-order chi connectivity index (χ1) is 14.6. The van der Waals surface area contributed by atoms with Crippen LogP contribution in [0, 0.1) is 5.92 Å². The number of guanidine groups is 1. The predicted molar refractivity (Wildman–Crippen MR) is 124 cm³/mol. The summed E-state index contributed by atoms with van der Waals surface area (Å²) in [5, 5.41) is 5.50.